The molecule has 0 spiro atoms. The van der Waals surface area contributed by atoms with E-state index < -0.39 is 0 Å². The summed E-state index contributed by atoms with van der Waals surface area (Å²) < 4.78 is 5.34. The molecule has 2 aromatic rings. The summed E-state index contributed by atoms with van der Waals surface area (Å²) in [6.07, 6.45) is 1.51. The normalized spacial score (nSPS) is 14.2. The molecule has 2 amide bonds. The zero-order valence-corrected chi connectivity index (χ0v) is 14.0. The number of carbonyl (C=O) groups is 2. The zero-order chi connectivity index (χ0) is 17.1. The third-order valence-electron chi connectivity index (χ3n) is 4.36. The number of likely N-dealkylation sites (N-methyl/N-ethyl adjacent to an activating group) is 1. The van der Waals surface area contributed by atoms with Crippen LogP contribution in [0.4, 0.5) is 0 Å². The lowest BCUT2D eigenvalue weighted by molar-refractivity contribution is -0.127. The monoisotopic (exact) mass is 327 g/mol. The van der Waals surface area contributed by atoms with Gasteiger partial charge in [-0.3, -0.25) is 9.59 Å². The van der Waals surface area contributed by atoms with E-state index in [1.54, 1.807) is 22.9 Å². The maximum absolute atomic E-state index is 12.5. The molecular weight excluding hydrogens is 306 g/mol. The first-order chi connectivity index (χ1) is 11.6. The highest BCUT2D eigenvalue weighted by Crippen LogP contribution is 2.24. The molecule has 2 heterocycles. The van der Waals surface area contributed by atoms with Crippen LogP contribution in [0.25, 0.3) is 11.3 Å². The molecule has 1 aromatic carbocycles. The average molecular weight is 327 g/mol. The number of likely N-dealkylation sites (tertiary alicyclic amines) is 1. The predicted molar refractivity (Wildman–Crippen MR) is 89.5 cm³/mol. The minimum Gasteiger partial charge on any atom is -0.355 e. The van der Waals surface area contributed by atoms with Crippen molar-refractivity contribution in [3.63, 3.8) is 0 Å². The Bertz CT molecular complexity index is 753. The Labute approximate surface area is 141 Å². The van der Waals surface area contributed by atoms with E-state index in [2.05, 4.69) is 5.16 Å². The molecule has 126 valence electrons. The highest BCUT2D eigenvalue weighted by Gasteiger charge is 2.22. The van der Waals surface area contributed by atoms with Crippen LogP contribution in [0.15, 0.2) is 34.9 Å². The number of hydrogen-bond donors (Lipinski definition) is 0. The Morgan fingerprint density at radius 1 is 1.38 bits per heavy atom. The van der Waals surface area contributed by atoms with Crippen molar-refractivity contribution in [2.75, 3.05) is 26.7 Å². The van der Waals surface area contributed by atoms with Gasteiger partial charge in [-0.2, -0.15) is 0 Å². The molecule has 0 unspecified atom stereocenters. The van der Waals surface area contributed by atoms with Gasteiger partial charge in [0.2, 0.25) is 5.91 Å². The van der Waals surface area contributed by atoms with Crippen LogP contribution < -0.4 is 0 Å². The standard InChI is InChI=1S/C18H21N3O3/c1-13-6-3-4-7-14(13)16-12-15(19-24-16)18(23)20(2)10-11-21-9-5-8-17(21)22/h3-4,6-7,12H,5,8-11H2,1-2H3. The fraction of sp³-hybridized carbons (Fsp3) is 0.389. The van der Waals surface area contributed by atoms with Gasteiger partial charge in [0.1, 0.15) is 0 Å². The Morgan fingerprint density at radius 2 is 2.17 bits per heavy atom. The largest absolute Gasteiger partial charge is 0.355 e. The lowest BCUT2D eigenvalue weighted by Gasteiger charge is -2.20. The number of aryl methyl sites for hydroxylation is 1. The molecule has 0 N–H and O–H groups in total. The van der Waals surface area contributed by atoms with E-state index in [0.29, 0.717) is 25.3 Å². The highest BCUT2D eigenvalue weighted by atomic mass is 16.5. The summed E-state index contributed by atoms with van der Waals surface area (Å²) in [5.74, 6) is 0.545. The van der Waals surface area contributed by atoms with Gasteiger partial charge in [0.25, 0.3) is 5.91 Å². The molecule has 1 aliphatic rings. The Morgan fingerprint density at radius 3 is 2.88 bits per heavy atom. The lowest BCUT2D eigenvalue weighted by Crippen LogP contribution is -2.37. The first-order valence-electron chi connectivity index (χ1n) is 8.12. The van der Waals surface area contributed by atoms with Crippen LogP contribution in [-0.2, 0) is 4.79 Å². The van der Waals surface area contributed by atoms with Crippen molar-refractivity contribution in [2.24, 2.45) is 0 Å². The lowest BCUT2D eigenvalue weighted by atomic mass is 10.1. The molecule has 0 radical (unpaired) electrons. The van der Waals surface area contributed by atoms with Crippen LogP contribution in [0, 0.1) is 6.92 Å². The van der Waals surface area contributed by atoms with Crippen LogP contribution in [0.2, 0.25) is 0 Å². The summed E-state index contributed by atoms with van der Waals surface area (Å²) in [6.45, 7) is 3.81. The number of benzene rings is 1. The zero-order valence-electron chi connectivity index (χ0n) is 14.0. The first kappa shape index (κ1) is 16.2. The minimum atomic E-state index is -0.203. The fourth-order valence-electron chi connectivity index (χ4n) is 2.86. The van der Waals surface area contributed by atoms with E-state index in [1.165, 1.54) is 0 Å². The van der Waals surface area contributed by atoms with E-state index in [-0.39, 0.29) is 17.5 Å². The molecule has 1 saturated heterocycles. The summed E-state index contributed by atoms with van der Waals surface area (Å²) >= 11 is 0. The van der Waals surface area contributed by atoms with Crippen LogP contribution in [0.1, 0.15) is 28.9 Å². The number of aromatic nitrogens is 1. The van der Waals surface area contributed by atoms with Gasteiger partial charge in [0.15, 0.2) is 11.5 Å². The van der Waals surface area contributed by atoms with Gasteiger partial charge in [-0.25, -0.2) is 0 Å². The second-order valence-electron chi connectivity index (χ2n) is 6.10. The maximum Gasteiger partial charge on any atom is 0.275 e. The number of carbonyl (C=O) groups excluding carboxylic acids is 2. The Balaban J connectivity index is 1.65. The van der Waals surface area contributed by atoms with Crippen LogP contribution in [0.5, 0.6) is 0 Å². The van der Waals surface area contributed by atoms with E-state index in [4.69, 9.17) is 4.52 Å². The second-order valence-corrected chi connectivity index (χ2v) is 6.10. The Hall–Kier alpha value is -2.63. The van der Waals surface area contributed by atoms with Gasteiger partial charge in [-0.05, 0) is 18.9 Å². The van der Waals surface area contributed by atoms with Crippen molar-refractivity contribution in [2.45, 2.75) is 19.8 Å². The SMILES string of the molecule is Cc1ccccc1-c1cc(C(=O)N(C)CCN2CCCC2=O)no1. The topological polar surface area (TPSA) is 66.7 Å². The molecule has 0 bridgehead atoms. The average Bonchev–Trinajstić information content (AvgIpc) is 3.21. The third kappa shape index (κ3) is 3.32. The summed E-state index contributed by atoms with van der Waals surface area (Å²) in [6, 6.07) is 9.47. The molecule has 3 rings (SSSR count). The van der Waals surface area contributed by atoms with Gasteiger partial charge in [0, 0.05) is 44.7 Å². The second kappa shape index (κ2) is 6.86. The molecule has 1 aliphatic heterocycles. The number of amides is 2. The van der Waals surface area contributed by atoms with E-state index in [0.717, 1.165) is 24.1 Å². The molecular formula is C18H21N3O3. The molecule has 0 atom stereocenters. The smallest absolute Gasteiger partial charge is 0.275 e. The highest BCUT2D eigenvalue weighted by molar-refractivity contribution is 5.93. The van der Waals surface area contributed by atoms with Gasteiger partial charge in [-0.15, -0.1) is 0 Å². The number of rotatable bonds is 5. The quantitative estimate of drug-likeness (QED) is 0.845. The summed E-state index contributed by atoms with van der Waals surface area (Å²) in [4.78, 5) is 27.4. The molecule has 24 heavy (non-hydrogen) atoms. The summed E-state index contributed by atoms with van der Waals surface area (Å²) in [5, 5.41) is 3.90. The van der Waals surface area contributed by atoms with Crippen molar-refractivity contribution in [3.8, 4) is 11.3 Å². The van der Waals surface area contributed by atoms with Crippen molar-refractivity contribution in [3.05, 3.63) is 41.6 Å². The van der Waals surface area contributed by atoms with Crippen molar-refractivity contribution in [1.82, 2.24) is 15.0 Å². The molecule has 1 fully saturated rings. The summed E-state index contributed by atoms with van der Waals surface area (Å²) in [5.41, 5.74) is 2.27. The van der Waals surface area contributed by atoms with E-state index >= 15 is 0 Å². The predicted octanol–water partition coefficient (Wildman–Crippen LogP) is 2.34. The van der Waals surface area contributed by atoms with Gasteiger partial charge < -0.3 is 14.3 Å². The molecule has 1 aromatic heterocycles. The third-order valence-corrected chi connectivity index (χ3v) is 4.36. The van der Waals surface area contributed by atoms with E-state index in [1.807, 2.05) is 31.2 Å². The maximum atomic E-state index is 12.5. The van der Waals surface area contributed by atoms with Crippen molar-refractivity contribution >= 4 is 11.8 Å². The molecule has 6 heteroatoms. The molecule has 0 saturated carbocycles. The molecule has 0 aliphatic carbocycles. The van der Waals surface area contributed by atoms with Gasteiger partial charge in [0.05, 0.1) is 0 Å². The first-order valence-corrected chi connectivity index (χ1v) is 8.12. The van der Waals surface area contributed by atoms with Gasteiger partial charge in [-0.1, -0.05) is 29.4 Å². The van der Waals surface area contributed by atoms with Gasteiger partial charge >= 0.3 is 0 Å². The Kier molecular flexibility index (Phi) is 4.64. The fourth-order valence-corrected chi connectivity index (χ4v) is 2.86. The van der Waals surface area contributed by atoms with Crippen LogP contribution >= 0.6 is 0 Å². The van der Waals surface area contributed by atoms with Crippen molar-refractivity contribution < 1.29 is 14.1 Å². The summed E-state index contributed by atoms with van der Waals surface area (Å²) in [7, 11) is 1.71. The number of nitrogens with zero attached hydrogens (tertiary/aromatic N) is 3. The van der Waals surface area contributed by atoms with Crippen molar-refractivity contribution in [1.29, 1.82) is 0 Å². The van der Waals surface area contributed by atoms with Crippen LogP contribution in [-0.4, -0.2) is 53.5 Å². The minimum absolute atomic E-state index is 0.166. The van der Waals surface area contributed by atoms with Crippen LogP contribution in [0.3, 0.4) is 0 Å². The molecule has 6 nitrogen and oxygen atoms in total. The van der Waals surface area contributed by atoms with E-state index in [9.17, 15) is 9.59 Å². The number of hydrogen-bond acceptors (Lipinski definition) is 4.